The van der Waals surface area contributed by atoms with E-state index in [4.69, 9.17) is 14.2 Å². The first-order chi connectivity index (χ1) is 12.9. The Hall–Kier alpha value is -1.99. The molecule has 0 fully saturated rings. The number of alkyl halides is 1. The fourth-order valence-electron chi connectivity index (χ4n) is 1.43. The maximum Gasteiger partial charge on any atom is 0.331 e. The highest BCUT2D eigenvalue weighted by Crippen LogP contribution is 1.97. The zero-order valence-electron chi connectivity index (χ0n) is 15.0. The van der Waals surface area contributed by atoms with E-state index in [-0.39, 0.29) is 13.2 Å². The maximum atomic E-state index is 11.7. The van der Waals surface area contributed by atoms with Crippen LogP contribution in [0.15, 0.2) is 24.3 Å². The van der Waals surface area contributed by atoms with Crippen LogP contribution in [0.2, 0.25) is 0 Å². The normalized spacial score (nSPS) is 12.0. The van der Waals surface area contributed by atoms with E-state index in [1.165, 1.54) is 14.2 Å². The molecule has 0 aromatic carbocycles. The van der Waals surface area contributed by atoms with Crippen LogP contribution in [-0.4, -0.2) is 75.1 Å². The molecule has 0 heterocycles. The molecular weight excluding hydrogens is 477 g/mol. The van der Waals surface area contributed by atoms with Gasteiger partial charge < -0.3 is 29.0 Å². The lowest BCUT2D eigenvalue weighted by atomic mass is 10.3. The average Bonchev–Trinajstić information content (AvgIpc) is 2.67. The Labute approximate surface area is 170 Å². The van der Waals surface area contributed by atoms with Gasteiger partial charge in [0.2, 0.25) is 0 Å². The van der Waals surface area contributed by atoms with Gasteiger partial charge in [0, 0.05) is 37.4 Å². The lowest BCUT2D eigenvalue weighted by molar-refractivity contribution is -0.152. The van der Waals surface area contributed by atoms with E-state index < -0.39 is 30.0 Å². The summed E-state index contributed by atoms with van der Waals surface area (Å²) in [6.45, 7) is 0.859. The van der Waals surface area contributed by atoms with Gasteiger partial charge in [-0.2, -0.15) is 0 Å². The number of methoxy groups -OCH3 is 2. The van der Waals surface area contributed by atoms with Crippen LogP contribution in [0.5, 0.6) is 0 Å². The fourth-order valence-corrected chi connectivity index (χ4v) is 1.74. The Bertz CT molecular complexity index is 548. The van der Waals surface area contributed by atoms with Crippen LogP contribution >= 0.6 is 22.6 Å². The van der Waals surface area contributed by atoms with Crippen LogP contribution in [0.4, 0.5) is 0 Å². The summed E-state index contributed by atoms with van der Waals surface area (Å²) >= 11 is 2.06. The molecule has 10 nitrogen and oxygen atoms in total. The van der Waals surface area contributed by atoms with Gasteiger partial charge >= 0.3 is 23.9 Å². The minimum Gasteiger partial charge on any atom is -0.466 e. The first kappa shape index (κ1) is 25.0. The first-order valence-electron chi connectivity index (χ1n) is 7.66. The molecule has 0 aromatic rings. The number of halogens is 1. The third kappa shape index (κ3) is 14.8. The van der Waals surface area contributed by atoms with E-state index in [1.807, 2.05) is 0 Å². The van der Waals surface area contributed by atoms with Gasteiger partial charge in [0.1, 0.15) is 12.7 Å². The number of hydrogen-bond acceptors (Lipinski definition) is 10. The number of nitrogens with one attached hydrogen (secondary N) is 1. The quantitative estimate of drug-likeness (QED) is 0.0917. The Morgan fingerprint density at radius 2 is 1.48 bits per heavy atom. The van der Waals surface area contributed by atoms with Gasteiger partial charge in [0.25, 0.3) is 0 Å². The first-order valence-corrected chi connectivity index (χ1v) is 9.19. The van der Waals surface area contributed by atoms with Crippen molar-refractivity contribution >= 4 is 46.5 Å². The van der Waals surface area contributed by atoms with Crippen molar-refractivity contribution < 1.29 is 42.9 Å². The molecule has 11 heteroatoms. The van der Waals surface area contributed by atoms with Gasteiger partial charge in [0.15, 0.2) is 0 Å². The van der Waals surface area contributed by atoms with E-state index in [9.17, 15) is 19.2 Å². The number of carbonyl (C=O) groups excluding carboxylic acids is 4. The van der Waals surface area contributed by atoms with Gasteiger partial charge in [-0.05, 0) is 0 Å². The summed E-state index contributed by atoms with van der Waals surface area (Å²) in [6.07, 6.45) is 2.78. The molecule has 0 aliphatic carbocycles. The van der Waals surface area contributed by atoms with Crippen LogP contribution < -0.4 is 5.32 Å². The van der Waals surface area contributed by atoms with Crippen LogP contribution in [-0.2, 0) is 42.9 Å². The van der Waals surface area contributed by atoms with E-state index in [1.54, 1.807) is 0 Å². The van der Waals surface area contributed by atoms with Crippen molar-refractivity contribution in [3.05, 3.63) is 24.3 Å². The highest BCUT2D eigenvalue weighted by molar-refractivity contribution is 14.1. The van der Waals surface area contributed by atoms with Crippen molar-refractivity contribution in [1.82, 2.24) is 5.32 Å². The Kier molecular flexibility index (Phi) is 15.0. The molecule has 0 radical (unpaired) electrons. The van der Waals surface area contributed by atoms with Gasteiger partial charge in [-0.25, -0.2) is 19.2 Å². The smallest absolute Gasteiger partial charge is 0.331 e. The summed E-state index contributed by atoms with van der Waals surface area (Å²) in [4.78, 5) is 45.2. The van der Waals surface area contributed by atoms with E-state index >= 15 is 0 Å². The highest BCUT2D eigenvalue weighted by atomic mass is 127. The van der Waals surface area contributed by atoms with Gasteiger partial charge in [-0.15, -0.1) is 0 Å². The molecule has 0 amide bonds. The van der Waals surface area contributed by atoms with Crippen LogP contribution in [0.1, 0.15) is 0 Å². The second-order valence-electron chi connectivity index (χ2n) is 4.62. The molecule has 1 atom stereocenters. The molecule has 0 saturated heterocycles. The second kappa shape index (κ2) is 16.2. The van der Waals surface area contributed by atoms with Crippen molar-refractivity contribution in [1.29, 1.82) is 0 Å². The molecule has 0 spiro atoms. The van der Waals surface area contributed by atoms with E-state index in [2.05, 4.69) is 37.4 Å². The fraction of sp³-hybridized carbons (Fsp3) is 0.500. The van der Waals surface area contributed by atoms with Crippen molar-refractivity contribution in [3.63, 3.8) is 0 Å². The van der Waals surface area contributed by atoms with Gasteiger partial charge in [-0.1, -0.05) is 22.6 Å². The van der Waals surface area contributed by atoms with Crippen LogP contribution in [0, 0.1) is 0 Å². The SMILES string of the molecule is COC(=O)/C=C/C(=O)OCC(CNCCOCI)OC(=O)/C=C/C(=O)OC. The Morgan fingerprint density at radius 1 is 0.926 bits per heavy atom. The van der Waals surface area contributed by atoms with E-state index in [0.29, 0.717) is 17.8 Å². The van der Waals surface area contributed by atoms with Gasteiger partial charge in [0.05, 0.1) is 25.4 Å². The lowest BCUT2D eigenvalue weighted by Crippen LogP contribution is -2.36. The monoisotopic (exact) mass is 499 g/mol. The Morgan fingerprint density at radius 3 is 2.04 bits per heavy atom. The molecule has 0 bridgehead atoms. The average molecular weight is 499 g/mol. The number of rotatable bonds is 13. The number of ether oxygens (including phenoxy) is 5. The summed E-state index contributed by atoms with van der Waals surface area (Å²) in [5, 5.41) is 2.98. The van der Waals surface area contributed by atoms with Crippen LogP contribution in [0.25, 0.3) is 0 Å². The minimum absolute atomic E-state index is 0.177. The summed E-state index contributed by atoms with van der Waals surface area (Å²) in [6, 6.07) is 0. The van der Waals surface area contributed by atoms with E-state index in [0.717, 1.165) is 24.3 Å². The molecule has 0 rings (SSSR count). The third-order valence-corrected chi connectivity index (χ3v) is 3.12. The predicted molar refractivity (Wildman–Crippen MR) is 101 cm³/mol. The third-order valence-electron chi connectivity index (χ3n) is 2.68. The lowest BCUT2D eigenvalue weighted by Gasteiger charge is -2.17. The summed E-state index contributed by atoms with van der Waals surface area (Å²) < 4.78 is 24.5. The van der Waals surface area contributed by atoms with Crippen molar-refractivity contribution in [2.75, 3.05) is 45.1 Å². The summed E-state index contributed by atoms with van der Waals surface area (Å²) in [5.74, 6) is -3.03. The molecule has 0 aliphatic heterocycles. The number of esters is 4. The second-order valence-corrected chi connectivity index (χ2v) is 5.25. The van der Waals surface area contributed by atoms with Crippen molar-refractivity contribution in [2.24, 2.45) is 0 Å². The number of carbonyl (C=O) groups is 4. The summed E-state index contributed by atoms with van der Waals surface area (Å²) in [7, 11) is 2.34. The molecule has 27 heavy (non-hydrogen) atoms. The topological polar surface area (TPSA) is 126 Å². The van der Waals surface area contributed by atoms with Crippen molar-refractivity contribution in [2.45, 2.75) is 6.10 Å². The molecule has 152 valence electrons. The molecular formula is C16H22INO9. The number of hydrogen-bond donors (Lipinski definition) is 1. The maximum absolute atomic E-state index is 11.7. The Balaban J connectivity index is 4.58. The summed E-state index contributed by atoms with van der Waals surface area (Å²) in [5.41, 5.74) is 0. The zero-order valence-corrected chi connectivity index (χ0v) is 17.1. The molecule has 0 aromatic heterocycles. The molecule has 0 aliphatic rings. The zero-order chi connectivity index (χ0) is 20.5. The van der Waals surface area contributed by atoms with Gasteiger partial charge in [-0.3, -0.25) is 0 Å². The minimum atomic E-state index is -0.824. The molecule has 1 unspecified atom stereocenters. The molecule has 0 saturated carbocycles. The van der Waals surface area contributed by atoms with Crippen molar-refractivity contribution in [3.8, 4) is 0 Å². The van der Waals surface area contributed by atoms with Crippen LogP contribution in [0.3, 0.4) is 0 Å². The standard InChI is InChI=1S/C16H22INO9/c1-23-13(19)3-5-15(21)26-10-12(9-18-7-8-25-11-17)27-16(22)6-4-14(20)24-2/h3-6,12,18H,7-11H2,1-2H3/b5-3+,6-4+. The largest absolute Gasteiger partial charge is 0.466 e. The highest BCUT2D eigenvalue weighted by Gasteiger charge is 2.15. The molecule has 1 N–H and O–H groups in total. The predicted octanol–water partition coefficient (Wildman–Crippen LogP) is -0.101.